The third-order valence-electron chi connectivity index (χ3n) is 6.35. The van der Waals surface area contributed by atoms with Gasteiger partial charge in [0.15, 0.2) is 0 Å². The van der Waals surface area contributed by atoms with Crippen LogP contribution >= 0.6 is 0 Å². The number of benzene rings is 2. The van der Waals surface area contributed by atoms with Crippen molar-refractivity contribution in [3.05, 3.63) is 54.1 Å². The van der Waals surface area contributed by atoms with Crippen molar-refractivity contribution >= 4 is 22.7 Å². The van der Waals surface area contributed by atoms with E-state index < -0.39 is 0 Å². The summed E-state index contributed by atoms with van der Waals surface area (Å²) in [5.41, 5.74) is 2.29. The third-order valence-corrected chi connectivity index (χ3v) is 6.35. The van der Waals surface area contributed by atoms with Crippen LogP contribution in [0.3, 0.4) is 0 Å². The van der Waals surface area contributed by atoms with Gasteiger partial charge in [0.25, 0.3) is 0 Å². The van der Waals surface area contributed by atoms with Gasteiger partial charge in [0.05, 0.1) is 12.1 Å². The van der Waals surface area contributed by atoms with E-state index in [0.29, 0.717) is 6.04 Å². The SMILES string of the molecule is CCCOc1ccc(CNCC2CCC(Nc3nc(N(C)C)c4ccccc4n3)CC2)cc1. The number of rotatable bonds is 10. The van der Waals surface area contributed by atoms with Crippen LogP contribution in [0.1, 0.15) is 44.6 Å². The zero-order chi connectivity index (χ0) is 23.0. The van der Waals surface area contributed by atoms with Crippen molar-refractivity contribution in [1.82, 2.24) is 15.3 Å². The molecule has 0 spiro atoms. The maximum atomic E-state index is 5.66. The summed E-state index contributed by atoms with van der Waals surface area (Å²) in [6.45, 7) is 4.88. The highest BCUT2D eigenvalue weighted by Gasteiger charge is 2.22. The van der Waals surface area contributed by atoms with Gasteiger partial charge in [-0.2, -0.15) is 4.98 Å². The van der Waals surface area contributed by atoms with Crippen LogP contribution in [0.2, 0.25) is 0 Å². The van der Waals surface area contributed by atoms with Crippen molar-refractivity contribution in [1.29, 1.82) is 0 Å². The first-order valence-electron chi connectivity index (χ1n) is 12.3. The van der Waals surface area contributed by atoms with Crippen molar-refractivity contribution in [3.63, 3.8) is 0 Å². The first-order valence-corrected chi connectivity index (χ1v) is 12.3. The molecular formula is C27H37N5O. The summed E-state index contributed by atoms with van der Waals surface area (Å²) in [4.78, 5) is 11.6. The summed E-state index contributed by atoms with van der Waals surface area (Å²) >= 11 is 0. The Labute approximate surface area is 197 Å². The number of ether oxygens (including phenoxy) is 1. The van der Waals surface area contributed by atoms with Gasteiger partial charge in [-0.3, -0.25) is 0 Å². The molecule has 0 atom stereocenters. The molecule has 1 aliphatic carbocycles. The first-order chi connectivity index (χ1) is 16.1. The Morgan fingerprint density at radius 2 is 1.73 bits per heavy atom. The Morgan fingerprint density at radius 3 is 2.45 bits per heavy atom. The Hall–Kier alpha value is -2.86. The number of anilines is 2. The van der Waals surface area contributed by atoms with Gasteiger partial charge in [-0.15, -0.1) is 0 Å². The van der Waals surface area contributed by atoms with Crippen molar-refractivity contribution in [2.75, 3.05) is 37.5 Å². The largest absolute Gasteiger partial charge is 0.494 e. The Morgan fingerprint density at radius 1 is 0.970 bits per heavy atom. The summed E-state index contributed by atoms with van der Waals surface area (Å²) in [5, 5.41) is 8.35. The normalized spacial score (nSPS) is 18.3. The minimum Gasteiger partial charge on any atom is -0.494 e. The van der Waals surface area contributed by atoms with Crippen molar-refractivity contribution in [2.24, 2.45) is 5.92 Å². The zero-order valence-corrected chi connectivity index (χ0v) is 20.2. The van der Waals surface area contributed by atoms with Gasteiger partial charge in [0.1, 0.15) is 11.6 Å². The predicted molar refractivity (Wildman–Crippen MR) is 137 cm³/mol. The molecule has 0 saturated heterocycles. The van der Waals surface area contributed by atoms with E-state index in [-0.39, 0.29) is 0 Å². The van der Waals surface area contributed by atoms with Gasteiger partial charge in [0.2, 0.25) is 5.95 Å². The Bertz CT molecular complexity index is 1010. The molecule has 2 aromatic carbocycles. The summed E-state index contributed by atoms with van der Waals surface area (Å²) in [7, 11) is 4.07. The molecule has 3 aromatic rings. The molecule has 1 saturated carbocycles. The topological polar surface area (TPSA) is 62.3 Å². The molecule has 33 heavy (non-hydrogen) atoms. The highest BCUT2D eigenvalue weighted by molar-refractivity contribution is 5.90. The van der Waals surface area contributed by atoms with Crippen LogP contribution in [0.4, 0.5) is 11.8 Å². The fraction of sp³-hybridized carbons (Fsp3) is 0.481. The van der Waals surface area contributed by atoms with E-state index in [2.05, 4.69) is 58.9 Å². The second-order valence-electron chi connectivity index (χ2n) is 9.27. The van der Waals surface area contributed by atoms with Crippen LogP contribution in [0.15, 0.2) is 48.5 Å². The summed E-state index contributed by atoms with van der Waals surface area (Å²) in [5.74, 6) is 3.39. The van der Waals surface area contributed by atoms with Crippen LogP contribution in [-0.2, 0) is 6.54 Å². The molecule has 176 valence electrons. The lowest BCUT2D eigenvalue weighted by atomic mass is 9.86. The van der Waals surface area contributed by atoms with Crippen LogP contribution in [0, 0.1) is 5.92 Å². The summed E-state index contributed by atoms with van der Waals surface area (Å²) in [6, 6.07) is 17.1. The highest BCUT2D eigenvalue weighted by atomic mass is 16.5. The number of aromatic nitrogens is 2. The summed E-state index contributed by atoms with van der Waals surface area (Å²) < 4.78 is 5.66. The van der Waals surface area contributed by atoms with Gasteiger partial charge in [-0.25, -0.2) is 4.98 Å². The fourth-order valence-corrected chi connectivity index (χ4v) is 4.50. The van der Waals surface area contributed by atoms with E-state index in [4.69, 9.17) is 14.7 Å². The fourth-order valence-electron chi connectivity index (χ4n) is 4.50. The van der Waals surface area contributed by atoms with E-state index >= 15 is 0 Å². The van der Waals surface area contributed by atoms with Gasteiger partial charge in [0, 0.05) is 32.1 Å². The van der Waals surface area contributed by atoms with Crippen LogP contribution < -0.4 is 20.3 Å². The van der Waals surface area contributed by atoms with Crippen molar-refractivity contribution in [3.8, 4) is 5.75 Å². The van der Waals surface area contributed by atoms with Gasteiger partial charge < -0.3 is 20.3 Å². The maximum absolute atomic E-state index is 5.66. The number of para-hydroxylation sites is 1. The molecule has 4 rings (SSSR count). The van der Waals surface area contributed by atoms with Crippen molar-refractivity contribution in [2.45, 2.75) is 51.6 Å². The van der Waals surface area contributed by atoms with Gasteiger partial charge in [-0.1, -0.05) is 31.2 Å². The molecule has 1 heterocycles. The van der Waals surface area contributed by atoms with E-state index in [1.54, 1.807) is 0 Å². The number of fused-ring (bicyclic) bond motifs is 1. The number of nitrogens with one attached hydrogen (secondary N) is 2. The molecule has 0 radical (unpaired) electrons. The third kappa shape index (κ3) is 6.35. The number of hydrogen-bond donors (Lipinski definition) is 2. The second-order valence-corrected chi connectivity index (χ2v) is 9.27. The van der Waals surface area contributed by atoms with Gasteiger partial charge in [-0.05, 0) is 74.4 Å². The van der Waals surface area contributed by atoms with E-state index in [9.17, 15) is 0 Å². The average Bonchev–Trinajstić information content (AvgIpc) is 2.84. The molecule has 6 heteroatoms. The molecule has 0 amide bonds. The molecule has 0 unspecified atom stereocenters. The predicted octanol–water partition coefficient (Wildman–Crippen LogP) is 5.25. The molecule has 0 aliphatic heterocycles. The molecule has 1 aromatic heterocycles. The monoisotopic (exact) mass is 447 g/mol. The number of hydrogen-bond acceptors (Lipinski definition) is 6. The molecule has 1 aliphatic rings. The lowest BCUT2D eigenvalue weighted by molar-refractivity contribution is 0.317. The highest BCUT2D eigenvalue weighted by Crippen LogP contribution is 2.28. The molecule has 6 nitrogen and oxygen atoms in total. The van der Waals surface area contributed by atoms with Crippen molar-refractivity contribution < 1.29 is 4.74 Å². The van der Waals surface area contributed by atoms with Gasteiger partial charge >= 0.3 is 0 Å². The quantitative estimate of drug-likeness (QED) is 0.443. The first kappa shape index (κ1) is 23.3. The van der Waals surface area contributed by atoms with Crippen LogP contribution in [-0.4, -0.2) is 43.3 Å². The molecule has 1 fully saturated rings. The van der Waals surface area contributed by atoms with Crippen LogP contribution in [0.5, 0.6) is 5.75 Å². The lowest BCUT2D eigenvalue weighted by Gasteiger charge is -2.29. The molecule has 2 N–H and O–H groups in total. The average molecular weight is 448 g/mol. The standard InChI is InChI=1S/C27H37N5O/c1-4-17-33-23-15-11-21(12-16-23)19-28-18-20-9-13-22(14-10-20)29-27-30-25-8-6-5-7-24(25)26(31-27)32(2)3/h5-8,11-12,15-16,20,22,28H,4,9-10,13-14,17-19H2,1-3H3,(H,29,30,31). The Kier molecular flexibility index (Phi) is 8.00. The van der Waals surface area contributed by atoms with E-state index in [0.717, 1.165) is 73.3 Å². The minimum absolute atomic E-state index is 0.438. The zero-order valence-electron chi connectivity index (χ0n) is 20.2. The smallest absolute Gasteiger partial charge is 0.225 e. The van der Waals surface area contributed by atoms with E-state index in [1.807, 2.05) is 26.2 Å². The second kappa shape index (κ2) is 11.3. The van der Waals surface area contributed by atoms with Crippen LogP contribution in [0.25, 0.3) is 10.9 Å². The minimum atomic E-state index is 0.438. The maximum Gasteiger partial charge on any atom is 0.225 e. The molecular weight excluding hydrogens is 410 g/mol. The molecule has 0 bridgehead atoms. The Balaban J connectivity index is 1.23. The lowest BCUT2D eigenvalue weighted by Crippen LogP contribution is -2.31. The number of nitrogens with zero attached hydrogens (tertiary/aromatic N) is 3. The summed E-state index contributed by atoms with van der Waals surface area (Å²) in [6.07, 6.45) is 5.80. The van der Waals surface area contributed by atoms with E-state index in [1.165, 1.54) is 18.4 Å².